The number of aliphatic hydroxyl groups is 2. The predicted octanol–water partition coefficient (Wildman–Crippen LogP) is 3.55. The lowest BCUT2D eigenvalue weighted by Crippen LogP contribution is -2.57. The number of fused-ring (bicyclic) bond motifs is 2. The highest BCUT2D eigenvalue weighted by Gasteiger charge is 2.59. The molecule has 1 fully saturated rings. The van der Waals surface area contributed by atoms with Crippen LogP contribution in [0.2, 0.25) is 0 Å². The molecule has 1 aromatic rings. The van der Waals surface area contributed by atoms with Gasteiger partial charge in [-0.25, -0.2) is 9.78 Å². The summed E-state index contributed by atoms with van der Waals surface area (Å²) >= 11 is 1.38. The van der Waals surface area contributed by atoms with Crippen LogP contribution in [0.4, 0.5) is 9.93 Å². The van der Waals surface area contributed by atoms with Crippen molar-refractivity contribution in [3.63, 3.8) is 0 Å². The smallest absolute Gasteiger partial charge is 0.413 e. The average Bonchev–Trinajstić information content (AvgIpc) is 3.19. The van der Waals surface area contributed by atoms with Crippen molar-refractivity contribution in [1.82, 2.24) is 9.88 Å². The van der Waals surface area contributed by atoms with Gasteiger partial charge in [0.25, 0.3) is 0 Å². The Morgan fingerprint density at radius 1 is 1.36 bits per heavy atom. The summed E-state index contributed by atoms with van der Waals surface area (Å²) in [5, 5.41) is 24.3. The molecule has 0 unspecified atom stereocenters. The van der Waals surface area contributed by atoms with E-state index in [2.05, 4.69) is 18.8 Å². The monoisotopic (exact) mass is 479 g/mol. The summed E-state index contributed by atoms with van der Waals surface area (Å²) in [5.74, 6) is -0.127. The van der Waals surface area contributed by atoms with Gasteiger partial charge in [0.05, 0.1) is 18.4 Å². The quantitative estimate of drug-likeness (QED) is 0.492. The molecule has 184 valence electrons. The fourth-order valence-corrected chi connectivity index (χ4v) is 6.89. The summed E-state index contributed by atoms with van der Waals surface area (Å²) in [6.45, 7) is 12.9. The number of hydrogen-bond acceptors (Lipinski definition) is 7. The molecular formula is C24H37N3O5S. The van der Waals surface area contributed by atoms with E-state index in [0.717, 1.165) is 17.0 Å². The third-order valence-electron chi connectivity index (χ3n) is 7.93. The van der Waals surface area contributed by atoms with Gasteiger partial charge < -0.3 is 19.8 Å². The molecule has 2 aliphatic rings. The van der Waals surface area contributed by atoms with Gasteiger partial charge in [0.1, 0.15) is 6.61 Å². The van der Waals surface area contributed by atoms with Crippen LogP contribution in [0.1, 0.15) is 63.4 Å². The summed E-state index contributed by atoms with van der Waals surface area (Å²) in [4.78, 5) is 32.9. The summed E-state index contributed by atoms with van der Waals surface area (Å²) in [6.07, 6.45) is 2.54. The zero-order valence-electron chi connectivity index (χ0n) is 20.1. The van der Waals surface area contributed by atoms with Gasteiger partial charge in [-0.05, 0) is 44.4 Å². The molecule has 33 heavy (non-hydrogen) atoms. The predicted molar refractivity (Wildman–Crippen MR) is 128 cm³/mol. The molecule has 1 saturated carbocycles. The van der Waals surface area contributed by atoms with Gasteiger partial charge in [-0.3, -0.25) is 10.1 Å². The first-order valence-corrected chi connectivity index (χ1v) is 12.6. The number of aromatic nitrogens is 1. The van der Waals surface area contributed by atoms with Gasteiger partial charge in [-0.15, -0.1) is 11.3 Å². The minimum atomic E-state index is -0.679. The molecule has 2 amide bonds. The van der Waals surface area contributed by atoms with Crippen LogP contribution in [0, 0.1) is 16.7 Å². The zero-order chi connectivity index (χ0) is 24.4. The van der Waals surface area contributed by atoms with Crippen molar-refractivity contribution in [2.75, 3.05) is 31.6 Å². The fourth-order valence-electron chi connectivity index (χ4n) is 5.84. The molecule has 9 heteroatoms. The van der Waals surface area contributed by atoms with E-state index in [-0.39, 0.29) is 36.4 Å². The molecule has 8 nitrogen and oxygen atoms in total. The van der Waals surface area contributed by atoms with Gasteiger partial charge >= 0.3 is 6.09 Å². The third kappa shape index (κ3) is 4.68. The largest absolute Gasteiger partial charge is 0.445 e. The van der Waals surface area contributed by atoms with Crippen LogP contribution in [-0.2, 0) is 16.0 Å². The molecule has 2 aliphatic carbocycles. The molecule has 0 saturated heterocycles. The Hall–Kier alpha value is -1.97. The van der Waals surface area contributed by atoms with Crippen molar-refractivity contribution in [3.8, 4) is 0 Å². The van der Waals surface area contributed by atoms with Crippen LogP contribution in [0.5, 0.6) is 0 Å². The van der Waals surface area contributed by atoms with E-state index in [9.17, 15) is 19.8 Å². The molecule has 1 aromatic heterocycles. The lowest BCUT2D eigenvalue weighted by atomic mass is 9.47. The lowest BCUT2D eigenvalue weighted by molar-refractivity contribution is -0.147. The first-order valence-electron chi connectivity index (χ1n) is 11.8. The standard InChI is InChI=1S/C24H37N3O5S/c1-6-11-32-22(31)26-21-25-20-15(12-19(30)27(7-2)8-3)23(4)10-9-18(29)24(5,14-28)17(23)13-16(20)33-21/h6,15,17-18,28-29H,1,7-14H2,2-5H3,(H,25,26,31)/t15-,17+,18-,23+,24+/m1/s1. The lowest BCUT2D eigenvalue weighted by Gasteiger charge is -2.58. The van der Waals surface area contributed by atoms with E-state index >= 15 is 0 Å². The van der Waals surface area contributed by atoms with Crippen molar-refractivity contribution in [1.29, 1.82) is 0 Å². The van der Waals surface area contributed by atoms with Crippen molar-refractivity contribution < 1.29 is 24.5 Å². The van der Waals surface area contributed by atoms with Gasteiger partial charge in [-0.1, -0.05) is 26.5 Å². The summed E-state index contributed by atoms with van der Waals surface area (Å²) < 4.78 is 5.03. The van der Waals surface area contributed by atoms with Gasteiger partial charge in [0.15, 0.2) is 5.13 Å². The van der Waals surface area contributed by atoms with Crippen molar-refractivity contribution in [3.05, 3.63) is 23.2 Å². The molecule has 0 bridgehead atoms. The Morgan fingerprint density at radius 3 is 2.67 bits per heavy atom. The highest BCUT2D eigenvalue weighted by Crippen LogP contribution is 2.62. The normalized spacial score (nSPS) is 30.7. The van der Waals surface area contributed by atoms with E-state index < -0.39 is 17.6 Å². The summed E-state index contributed by atoms with van der Waals surface area (Å²) in [6, 6.07) is 0. The maximum Gasteiger partial charge on any atom is 0.413 e. The van der Waals surface area contributed by atoms with Crippen molar-refractivity contribution >= 4 is 28.5 Å². The second-order valence-corrected chi connectivity index (χ2v) is 10.7. The van der Waals surface area contributed by atoms with E-state index in [1.54, 1.807) is 0 Å². The van der Waals surface area contributed by atoms with Gasteiger partial charge in [0.2, 0.25) is 5.91 Å². The van der Waals surface area contributed by atoms with Crippen LogP contribution >= 0.6 is 11.3 Å². The van der Waals surface area contributed by atoms with E-state index in [1.807, 2.05) is 25.7 Å². The second-order valence-electron chi connectivity index (χ2n) is 9.64. The van der Waals surface area contributed by atoms with E-state index in [0.29, 0.717) is 37.5 Å². The average molecular weight is 480 g/mol. The van der Waals surface area contributed by atoms with Crippen LogP contribution in [0.15, 0.2) is 12.7 Å². The highest BCUT2D eigenvalue weighted by atomic mass is 32.1. The van der Waals surface area contributed by atoms with Crippen molar-refractivity contribution in [2.45, 2.75) is 65.4 Å². The Bertz CT molecular complexity index is 885. The number of rotatable bonds is 8. The fraction of sp³-hybridized carbons (Fsp3) is 0.708. The molecule has 0 spiro atoms. The second kappa shape index (κ2) is 10.1. The van der Waals surface area contributed by atoms with Crippen molar-refractivity contribution in [2.24, 2.45) is 16.7 Å². The van der Waals surface area contributed by atoms with E-state index in [1.165, 1.54) is 17.4 Å². The summed E-state index contributed by atoms with van der Waals surface area (Å²) in [7, 11) is 0. The molecule has 0 aliphatic heterocycles. The maximum absolute atomic E-state index is 13.2. The number of carbonyl (C=O) groups is 2. The highest BCUT2D eigenvalue weighted by molar-refractivity contribution is 7.15. The minimum Gasteiger partial charge on any atom is -0.445 e. The van der Waals surface area contributed by atoms with Gasteiger partial charge in [0, 0.05) is 35.7 Å². The SMILES string of the molecule is C=CCOC(=O)Nc1nc2c(s1)C[C@@H]1[C@](C)(CO)[C@H](O)CC[C@@]1(C)[C@@H]2CC(=O)N(CC)CC. The number of aliphatic hydroxyl groups excluding tert-OH is 2. The van der Waals surface area contributed by atoms with Crippen LogP contribution < -0.4 is 5.32 Å². The van der Waals surface area contributed by atoms with Crippen LogP contribution in [0.25, 0.3) is 0 Å². The topological polar surface area (TPSA) is 112 Å². The number of anilines is 1. The maximum atomic E-state index is 13.2. The Balaban J connectivity index is 2.02. The van der Waals surface area contributed by atoms with Crippen LogP contribution in [-0.4, -0.2) is 64.5 Å². The summed E-state index contributed by atoms with van der Waals surface area (Å²) in [5.41, 5.74) is -0.155. The number of amides is 2. The van der Waals surface area contributed by atoms with E-state index in [4.69, 9.17) is 9.72 Å². The molecule has 0 radical (unpaired) electrons. The first-order chi connectivity index (χ1) is 15.6. The number of carbonyl (C=O) groups excluding carboxylic acids is 2. The number of thiazole rings is 1. The first kappa shape index (κ1) is 25.6. The Morgan fingerprint density at radius 2 is 2.06 bits per heavy atom. The molecule has 1 heterocycles. The zero-order valence-corrected chi connectivity index (χ0v) is 20.9. The van der Waals surface area contributed by atoms with Crippen LogP contribution in [0.3, 0.4) is 0 Å². The third-order valence-corrected chi connectivity index (χ3v) is 8.94. The Labute approximate surface area is 200 Å². The number of ether oxygens (including phenoxy) is 1. The number of nitrogens with one attached hydrogen (secondary N) is 1. The number of hydrogen-bond donors (Lipinski definition) is 3. The molecular weight excluding hydrogens is 442 g/mol. The number of nitrogens with zero attached hydrogens (tertiary/aromatic N) is 2. The molecule has 0 aromatic carbocycles. The molecule has 3 N–H and O–H groups in total. The molecule has 5 atom stereocenters. The Kier molecular flexibility index (Phi) is 7.86. The minimum absolute atomic E-state index is 0.0261. The van der Waals surface area contributed by atoms with Gasteiger partial charge in [-0.2, -0.15) is 0 Å². The molecule has 3 rings (SSSR count).